The Bertz CT molecular complexity index is 724. The van der Waals surface area contributed by atoms with Crippen LogP contribution in [0.15, 0.2) is 24.5 Å². The Morgan fingerprint density at radius 2 is 1.96 bits per heavy atom. The average Bonchev–Trinajstić information content (AvgIpc) is 3.31. The minimum absolute atomic E-state index is 0.482. The lowest BCUT2D eigenvalue weighted by atomic mass is 10.2. The van der Waals surface area contributed by atoms with Crippen molar-refractivity contribution in [2.45, 2.75) is 58.0 Å². The van der Waals surface area contributed by atoms with Crippen molar-refractivity contribution in [1.82, 2.24) is 19.9 Å². The quantitative estimate of drug-likeness (QED) is 0.924. The first-order valence-corrected chi connectivity index (χ1v) is 9.47. The lowest BCUT2D eigenvalue weighted by molar-refractivity contribution is 0.245. The molecule has 1 aliphatic carbocycles. The summed E-state index contributed by atoms with van der Waals surface area (Å²) in [6.07, 6.45) is 10.4. The van der Waals surface area contributed by atoms with Crippen LogP contribution < -0.4 is 5.32 Å². The number of aromatic nitrogens is 3. The third kappa shape index (κ3) is 3.52. The first-order valence-electron chi connectivity index (χ1n) is 9.47. The maximum atomic E-state index is 4.81. The maximum Gasteiger partial charge on any atom is 0.163 e. The number of aryl methyl sites for hydroxylation is 1. The summed E-state index contributed by atoms with van der Waals surface area (Å²) in [6, 6.07) is 5.23. The Morgan fingerprint density at radius 3 is 2.72 bits per heavy atom. The second kappa shape index (κ2) is 7.08. The summed E-state index contributed by atoms with van der Waals surface area (Å²) in [4.78, 5) is 16.3. The van der Waals surface area contributed by atoms with Crippen LogP contribution in [0, 0.1) is 13.8 Å². The van der Waals surface area contributed by atoms with Gasteiger partial charge in [0.15, 0.2) is 5.82 Å². The highest BCUT2D eigenvalue weighted by molar-refractivity contribution is 5.58. The van der Waals surface area contributed by atoms with E-state index in [0.29, 0.717) is 6.04 Å². The molecule has 5 heteroatoms. The van der Waals surface area contributed by atoms with E-state index in [1.54, 1.807) is 6.20 Å². The van der Waals surface area contributed by atoms with Gasteiger partial charge >= 0.3 is 0 Å². The van der Waals surface area contributed by atoms with Gasteiger partial charge in [0.2, 0.25) is 0 Å². The molecule has 2 fully saturated rings. The number of hydrogen-bond acceptors (Lipinski definition) is 5. The summed E-state index contributed by atoms with van der Waals surface area (Å²) in [5.74, 6) is 1.73. The van der Waals surface area contributed by atoms with Gasteiger partial charge in [0.25, 0.3) is 0 Å². The Hall–Kier alpha value is -2.01. The van der Waals surface area contributed by atoms with Crippen LogP contribution in [0.2, 0.25) is 0 Å². The highest BCUT2D eigenvalue weighted by Crippen LogP contribution is 2.28. The molecule has 1 aliphatic heterocycles. The van der Waals surface area contributed by atoms with E-state index < -0.39 is 0 Å². The third-order valence-corrected chi connectivity index (χ3v) is 5.71. The van der Waals surface area contributed by atoms with Crippen molar-refractivity contribution in [3.63, 3.8) is 0 Å². The molecule has 0 aromatic carbocycles. The van der Waals surface area contributed by atoms with Gasteiger partial charge in [0, 0.05) is 54.4 Å². The van der Waals surface area contributed by atoms with Gasteiger partial charge in [-0.25, -0.2) is 9.97 Å². The van der Waals surface area contributed by atoms with Gasteiger partial charge < -0.3 is 5.32 Å². The van der Waals surface area contributed by atoms with Gasteiger partial charge in [-0.1, -0.05) is 12.8 Å². The van der Waals surface area contributed by atoms with Crippen LogP contribution in [0.5, 0.6) is 0 Å². The zero-order valence-electron chi connectivity index (χ0n) is 15.2. The molecule has 4 rings (SSSR count). The monoisotopic (exact) mass is 337 g/mol. The summed E-state index contributed by atoms with van der Waals surface area (Å²) < 4.78 is 0. The first-order chi connectivity index (χ1) is 12.2. The molecular weight excluding hydrogens is 310 g/mol. The van der Waals surface area contributed by atoms with Crippen molar-refractivity contribution >= 4 is 5.82 Å². The van der Waals surface area contributed by atoms with Crippen molar-refractivity contribution in [3.8, 4) is 11.4 Å². The SMILES string of the molecule is Cc1nc(-c2cccnc2)nc(NC2CCN(C3CCCC3)C2)c1C. The Kier molecular flexibility index (Phi) is 4.66. The highest BCUT2D eigenvalue weighted by atomic mass is 15.2. The van der Waals surface area contributed by atoms with Gasteiger partial charge in [-0.05, 0) is 45.2 Å². The molecular formula is C20H27N5. The van der Waals surface area contributed by atoms with Crippen LogP contribution in [0.4, 0.5) is 5.82 Å². The molecule has 3 heterocycles. The van der Waals surface area contributed by atoms with Gasteiger partial charge in [-0.2, -0.15) is 0 Å². The number of rotatable bonds is 4. The van der Waals surface area contributed by atoms with Crippen molar-refractivity contribution in [2.24, 2.45) is 0 Å². The molecule has 0 bridgehead atoms. The molecule has 2 aromatic heterocycles. The fourth-order valence-corrected chi connectivity index (χ4v) is 4.09. The zero-order chi connectivity index (χ0) is 17.2. The summed E-state index contributed by atoms with van der Waals surface area (Å²) in [5.41, 5.74) is 3.14. The molecule has 2 aromatic rings. The van der Waals surface area contributed by atoms with E-state index in [2.05, 4.69) is 34.0 Å². The predicted octanol–water partition coefficient (Wildman–Crippen LogP) is 3.58. The third-order valence-electron chi connectivity index (χ3n) is 5.71. The molecule has 1 saturated carbocycles. The smallest absolute Gasteiger partial charge is 0.163 e. The van der Waals surface area contributed by atoms with E-state index in [4.69, 9.17) is 4.98 Å². The minimum atomic E-state index is 0.482. The molecule has 1 unspecified atom stereocenters. The summed E-state index contributed by atoms with van der Waals surface area (Å²) in [5, 5.41) is 3.70. The number of likely N-dealkylation sites (tertiary alicyclic amines) is 1. The topological polar surface area (TPSA) is 53.9 Å². The molecule has 25 heavy (non-hydrogen) atoms. The van der Waals surface area contributed by atoms with Crippen LogP contribution in [-0.2, 0) is 0 Å². The van der Waals surface area contributed by atoms with Gasteiger partial charge in [-0.3, -0.25) is 9.88 Å². The van der Waals surface area contributed by atoms with Gasteiger partial charge in [-0.15, -0.1) is 0 Å². The van der Waals surface area contributed by atoms with E-state index in [9.17, 15) is 0 Å². The van der Waals surface area contributed by atoms with Gasteiger partial charge in [0.05, 0.1) is 0 Å². The summed E-state index contributed by atoms with van der Waals surface area (Å²) in [6.45, 7) is 6.51. The summed E-state index contributed by atoms with van der Waals surface area (Å²) >= 11 is 0. The number of anilines is 1. The van der Waals surface area contributed by atoms with Crippen molar-refractivity contribution in [2.75, 3.05) is 18.4 Å². The van der Waals surface area contributed by atoms with E-state index in [1.165, 1.54) is 38.6 Å². The molecule has 5 nitrogen and oxygen atoms in total. The highest BCUT2D eigenvalue weighted by Gasteiger charge is 2.30. The van der Waals surface area contributed by atoms with Crippen LogP contribution in [0.25, 0.3) is 11.4 Å². The maximum absolute atomic E-state index is 4.81. The molecule has 0 amide bonds. The fraction of sp³-hybridized carbons (Fsp3) is 0.550. The van der Waals surface area contributed by atoms with Crippen molar-refractivity contribution in [3.05, 3.63) is 35.8 Å². The standard InChI is InChI=1S/C20H27N5/c1-14-15(2)22-20(16-6-5-10-21-12-16)24-19(14)23-17-9-11-25(13-17)18-7-3-4-8-18/h5-6,10,12,17-18H,3-4,7-9,11,13H2,1-2H3,(H,22,23,24). The van der Waals surface area contributed by atoms with Crippen LogP contribution >= 0.6 is 0 Å². The molecule has 132 valence electrons. The van der Waals surface area contributed by atoms with Crippen LogP contribution in [-0.4, -0.2) is 45.0 Å². The number of pyridine rings is 1. The van der Waals surface area contributed by atoms with E-state index in [-0.39, 0.29) is 0 Å². The van der Waals surface area contributed by atoms with E-state index in [0.717, 1.165) is 41.0 Å². The normalized spacial score (nSPS) is 21.8. The molecule has 1 N–H and O–H groups in total. The second-order valence-corrected chi connectivity index (χ2v) is 7.41. The van der Waals surface area contributed by atoms with E-state index in [1.807, 2.05) is 18.3 Å². The Balaban J connectivity index is 1.51. The molecule has 0 spiro atoms. The second-order valence-electron chi connectivity index (χ2n) is 7.41. The largest absolute Gasteiger partial charge is 0.366 e. The molecule has 0 radical (unpaired) electrons. The number of hydrogen-bond donors (Lipinski definition) is 1. The summed E-state index contributed by atoms with van der Waals surface area (Å²) in [7, 11) is 0. The van der Waals surface area contributed by atoms with Crippen molar-refractivity contribution in [1.29, 1.82) is 0 Å². The Labute approximate surface area is 149 Å². The average molecular weight is 337 g/mol. The minimum Gasteiger partial charge on any atom is -0.366 e. The predicted molar refractivity (Wildman–Crippen MR) is 101 cm³/mol. The zero-order valence-corrected chi connectivity index (χ0v) is 15.2. The number of nitrogens with one attached hydrogen (secondary N) is 1. The van der Waals surface area contributed by atoms with E-state index >= 15 is 0 Å². The lowest BCUT2D eigenvalue weighted by Crippen LogP contribution is -2.33. The molecule has 1 atom stereocenters. The lowest BCUT2D eigenvalue weighted by Gasteiger charge is -2.24. The Morgan fingerprint density at radius 1 is 1.12 bits per heavy atom. The van der Waals surface area contributed by atoms with Gasteiger partial charge in [0.1, 0.15) is 5.82 Å². The van der Waals surface area contributed by atoms with Crippen molar-refractivity contribution < 1.29 is 0 Å². The van der Waals surface area contributed by atoms with Crippen LogP contribution in [0.3, 0.4) is 0 Å². The molecule has 1 saturated heterocycles. The first kappa shape index (κ1) is 16.5. The molecule has 2 aliphatic rings. The fourth-order valence-electron chi connectivity index (χ4n) is 4.09. The number of nitrogens with zero attached hydrogens (tertiary/aromatic N) is 4. The van der Waals surface area contributed by atoms with Crippen LogP contribution in [0.1, 0.15) is 43.4 Å².